The maximum atomic E-state index is 3.89. The minimum absolute atomic E-state index is 0.734. The van der Waals surface area contributed by atoms with Gasteiger partial charge in [-0.2, -0.15) is 11.8 Å². The number of hydrogen-bond donors (Lipinski definition) is 1. The molecule has 0 amide bonds. The summed E-state index contributed by atoms with van der Waals surface area (Å²) in [6, 6.07) is 1.53. The zero-order valence-electron chi connectivity index (χ0n) is 12.0. The highest BCUT2D eigenvalue weighted by Gasteiger charge is 2.19. The summed E-state index contributed by atoms with van der Waals surface area (Å²) in [5.41, 5.74) is 0. The maximum Gasteiger partial charge on any atom is 0.0158 e. The lowest BCUT2D eigenvalue weighted by Crippen LogP contribution is -2.39. The van der Waals surface area contributed by atoms with Crippen molar-refractivity contribution >= 4 is 11.8 Å². The summed E-state index contributed by atoms with van der Waals surface area (Å²) in [6.45, 7) is 4.64. The van der Waals surface area contributed by atoms with Crippen LogP contribution in [0.15, 0.2) is 0 Å². The van der Waals surface area contributed by atoms with Gasteiger partial charge in [0.1, 0.15) is 0 Å². The topological polar surface area (TPSA) is 12.0 Å². The van der Waals surface area contributed by atoms with Crippen LogP contribution in [0.2, 0.25) is 0 Å². The van der Waals surface area contributed by atoms with Crippen molar-refractivity contribution in [2.45, 2.75) is 77.3 Å². The standard InChI is InChI=1S/C15H31NS/c1-4-7-13-8-6-9-15(11-10-13)16-14(5-2)12-17-3/h13-16H,4-12H2,1-3H3. The third-order valence-electron chi connectivity index (χ3n) is 4.12. The molecule has 17 heavy (non-hydrogen) atoms. The van der Waals surface area contributed by atoms with Crippen molar-refractivity contribution < 1.29 is 0 Å². The molecule has 0 aromatic carbocycles. The first-order valence-electron chi connectivity index (χ1n) is 7.55. The zero-order chi connectivity index (χ0) is 12.5. The van der Waals surface area contributed by atoms with Crippen molar-refractivity contribution in [1.29, 1.82) is 0 Å². The molecule has 1 saturated carbocycles. The molecule has 1 aliphatic carbocycles. The van der Waals surface area contributed by atoms with Gasteiger partial charge < -0.3 is 5.32 Å². The Morgan fingerprint density at radius 2 is 2.00 bits per heavy atom. The van der Waals surface area contributed by atoms with Gasteiger partial charge in [0.05, 0.1) is 0 Å². The van der Waals surface area contributed by atoms with Gasteiger partial charge in [0.25, 0.3) is 0 Å². The molecule has 0 aromatic rings. The first-order chi connectivity index (χ1) is 8.30. The molecular formula is C15H31NS. The molecule has 0 saturated heterocycles. The van der Waals surface area contributed by atoms with Crippen LogP contribution in [-0.4, -0.2) is 24.1 Å². The van der Waals surface area contributed by atoms with Gasteiger partial charge in [-0.25, -0.2) is 0 Å². The van der Waals surface area contributed by atoms with Gasteiger partial charge in [-0.15, -0.1) is 0 Å². The van der Waals surface area contributed by atoms with E-state index in [1.807, 2.05) is 11.8 Å². The quantitative estimate of drug-likeness (QED) is 0.676. The van der Waals surface area contributed by atoms with Crippen LogP contribution in [0.25, 0.3) is 0 Å². The third-order valence-corrected chi connectivity index (χ3v) is 4.85. The van der Waals surface area contributed by atoms with Crippen LogP contribution < -0.4 is 5.32 Å². The molecule has 0 bridgehead atoms. The normalized spacial score (nSPS) is 27.7. The monoisotopic (exact) mass is 257 g/mol. The molecular weight excluding hydrogens is 226 g/mol. The molecule has 1 nitrogen and oxygen atoms in total. The minimum atomic E-state index is 0.734. The zero-order valence-corrected chi connectivity index (χ0v) is 12.8. The van der Waals surface area contributed by atoms with Gasteiger partial charge in [0.15, 0.2) is 0 Å². The lowest BCUT2D eigenvalue weighted by molar-refractivity contribution is 0.387. The summed E-state index contributed by atoms with van der Waals surface area (Å²) < 4.78 is 0. The average Bonchev–Trinajstić information content (AvgIpc) is 2.55. The molecule has 0 aromatic heterocycles. The van der Waals surface area contributed by atoms with Crippen molar-refractivity contribution in [3.05, 3.63) is 0 Å². The second-order valence-corrected chi connectivity index (χ2v) is 6.50. The van der Waals surface area contributed by atoms with Crippen molar-refractivity contribution in [2.75, 3.05) is 12.0 Å². The molecule has 1 rings (SSSR count). The maximum absolute atomic E-state index is 3.89. The molecule has 3 atom stereocenters. The van der Waals surface area contributed by atoms with E-state index in [0.717, 1.165) is 18.0 Å². The van der Waals surface area contributed by atoms with Gasteiger partial charge in [0, 0.05) is 17.8 Å². The Morgan fingerprint density at radius 1 is 1.18 bits per heavy atom. The predicted octanol–water partition coefficient (Wildman–Crippen LogP) is 4.47. The Labute approximate surface area is 113 Å². The largest absolute Gasteiger partial charge is 0.310 e. The summed E-state index contributed by atoms with van der Waals surface area (Å²) >= 11 is 1.97. The van der Waals surface area contributed by atoms with Crippen molar-refractivity contribution in [3.63, 3.8) is 0 Å². The number of rotatable bonds is 7. The van der Waals surface area contributed by atoms with E-state index in [2.05, 4.69) is 25.4 Å². The smallest absolute Gasteiger partial charge is 0.0158 e. The Bertz CT molecular complexity index is 184. The van der Waals surface area contributed by atoms with E-state index in [-0.39, 0.29) is 0 Å². The van der Waals surface area contributed by atoms with Gasteiger partial charge >= 0.3 is 0 Å². The van der Waals surface area contributed by atoms with E-state index >= 15 is 0 Å². The summed E-state index contributed by atoms with van der Waals surface area (Å²) in [7, 11) is 0. The van der Waals surface area contributed by atoms with E-state index in [1.54, 1.807) is 0 Å². The van der Waals surface area contributed by atoms with E-state index in [0.29, 0.717) is 0 Å². The molecule has 0 spiro atoms. The summed E-state index contributed by atoms with van der Waals surface area (Å²) in [4.78, 5) is 0. The summed E-state index contributed by atoms with van der Waals surface area (Å²) in [6.07, 6.45) is 13.5. The first kappa shape index (κ1) is 15.4. The van der Waals surface area contributed by atoms with Crippen molar-refractivity contribution in [2.24, 2.45) is 5.92 Å². The van der Waals surface area contributed by atoms with Crippen molar-refractivity contribution in [3.8, 4) is 0 Å². The van der Waals surface area contributed by atoms with E-state index in [1.165, 1.54) is 57.1 Å². The van der Waals surface area contributed by atoms with Gasteiger partial charge in [0.2, 0.25) is 0 Å². The number of hydrogen-bond acceptors (Lipinski definition) is 2. The van der Waals surface area contributed by atoms with Gasteiger partial charge in [-0.1, -0.05) is 39.5 Å². The predicted molar refractivity (Wildman–Crippen MR) is 80.9 cm³/mol. The molecule has 2 heteroatoms. The highest BCUT2D eigenvalue weighted by Crippen LogP contribution is 2.27. The number of thioether (sulfide) groups is 1. The molecule has 0 aliphatic heterocycles. The molecule has 3 unspecified atom stereocenters. The summed E-state index contributed by atoms with van der Waals surface area (Å²) in [5, 5.41) is 3.89. The van der Waals surface area contributed by atoms with E-state index < -0.39 is 0 Å². The Hall–Kier alpha value is 0.310. The van der Waals surface area contributed by atoms with Crippen LogP contribution in [0.3, 0.4) is 0 Å². The second-order valence-electron chi connectivity index (χ2n) is 5.59. The van der Waals surface area contributed by atoms with Gasteiger partial charge in [-0.3, -0.25) is 0 Å². The SMILES string of the molecule is CCCC1CCCC(NC(CC)CSC)CC1. The highest BCUT2D eigenvalue weighted by atomic mass is 32.2. The fraction of sp³-hybridized carbons (Fsp3) is 1.00. The first-order valence-corrected chi connectivity index (χ1v) is 8.94. The lowest BCUT2D eigenvalue weighted by atomic mass is 9.95. The molecule has 1 fully saturated rings. The Kier molecular flexibility index (Phi) is 8.38. The highest BCUT2D eigenvalue weighted by molar-refractivity contribution is 7.98. The van der Waals surface area contributed by atoms with Crippen LogP contribution in [0, 0.1) is 5.92 Å². The molecule has 1 aliphatic rings. The van der Waals surface area contributed by atoms with E-state index in [4.69, 9.17) is 0 Å². The number of nitrogens with one attached hydrogen (secondary N) is 1. The Balaban J connectivity index is 2.29. The fourth-order valence-electron chi connectivity index (χ4n) is 3.06. The minimum Gasteiger partial charge on any atom is -0.310 e. The van der Waals surface area contributed by atoms with Crippen LogP contribution in [-0.2, 0) is 0 Å². The average molecular weight is 257 g/mol. The van der Waals surface area contributed by atoms with Crippen molar-refractivity contribution in [1.82, 2.24) is 5.32 Å². The van der Waals surface area contributed by atoms with Gasteiger partial charge in [-0.05, 0) is 37.9 Å². The molecule has 0 heterocycles. The third kappa shape index (κ3) is 6.15. The molecule has 102 valence electrons. The molecule has 1 N–H and O–H groups in total. The van der Waals surface area contributed by atoms with Crippen LogP contribution in [0.1, 0.15) is 65.2 Å². The Morgan fingerprint density at radius 3 is 2.65 bits per heavy atom. The molecule has 0 radical (unpaired) electrons. The lowest BCUT2D eigenvalue weighted by Gasteiger charge is -2.23. The van der Waals surface area contributed by atoms with Crippen LogP contribution >= 0.6 is 11.8 Å². The fourth-order valence-corrected chi connectivity index (χ4v) is 3.79. The van der Waals surface area contributed by atoms with Crippen LogP contribution in [0.4, 0.5) is 0 Å². The van der Waals surface area contributed by atoms with E-state index in [9.17, 15) is 0 Å². The summed E-state index contributed by atoms with van der Waals surface area (Å²) in [5.74, 6) is 2.29. The second kappa shape index (κ2) is 9.27. The van der Waals surface area contributed by atoms with Crippen LogP contribution in [0.5, 0.6) is 0 Å².